The summed E-state index contributed by atoms with van der Waals surface area (Å²) < 4.78 is 0. The average molecular weight is 294 g/mol. The predicted molar refractivity (Wildman–Crippen MR) is 81.0 cm³/mol. The number of hydrogen-bond acceptors (Lipinski definition) is 3. The van der Waals surface area contributed by atoms with Gasteiger partial charge in [-0.3, -0.25) is 9.69 Å². The van der Waals surface area contributed by atoms with Crippen LogP contribution in [0.3, 0.4) is 0 Å². The Balaban J connectivity index is 1.80. The van der Waals surface area contributed by atoms with Gasteiger partial charge < -0.3 is 10.6 Å². The smallest absolute Gasteiger partial charge is 0.254 e. The van der Waals surface area contributed by atoms with E-state index < -0.39 is 0 Å². The lowest BCUT2D eigenvalue weighted by molar-refractivity contribution is 0.0740. The van der Waals surface area contributed by atoms with Crippen molar-refractivity contribution in [1.29, 1.82) is 0 Å². The van der Waals surface area contributed by atoms with E-state index >= 15 is 0 Å². The molecular weight excluding hydrogens is 274 g/mol. The summed E-state index contributed by atoms with van der Waals surface area (Å²) in [5, 5.41) is 0.516. The van der Waals surface area contributed by atoms with Crippen LogP contribution < -0.4 is 5.73 Å². The summed E-state index contributed by atoms with van der Waals surface area (Å²) in [6, 6.07) is 6.19. The largest absolute Gasteiger partial charge is 0.399 e. The molecule has 0 aromatic heterocycles. The minimum atomic E-state index is 0.0418. The number of carbonyl (C=O) groups excluding carboxylic acids is 1. The molecule has 2 N–H and O–H groups in total. The van der Waals surface area contributed by atoms with Gasteiger partial charge in [0.2, 0.25) is 0 Å². The van der Waals surface area contributed by atoms with Crippen molar-refractivity contribution in [1.82, 2.24) is 9.80 Å². The lowest BCUT2D eigenvalue weighted by atomic mass is 10.1. The summed E-state index contributed by atoms with van der Waals surface area (Å²) >= 11 is 5.99. The molecule has 5 heteroatoms. The van der Waals surface area contributed by atoms with Gasteiger partial charge in [0.05, 0.1) is 0 Å². The molecule has 0 aliphatic carbocycles. The Bertz CT molecular complexity index is 514. The van der Waals surface area contributed by atoms with Gasteiger partial charge in [-0.2, -0.15) is 0 Å². The lowest BCUT2D eigenvalue weighted by Gasteiger charge is -2.26. The third-order valence-corrected chi connectivity index (χ3v) is 4.82. The fourth-order valence-corrected chi connectivity index (χ4v) is 3.66. The van der Waals surface area contributed by atoms with E-state index in [0.717, 1.165) is 19.5 Å². The van der Waals surface area contributed by atoms with Crippen LogP contribution in [0.15, 0.2) is 18.2 Å². The van der Waals surface area contributed by atoms with Crippen LogP contribution in [0.4, 0.5) is 5.69 Å². The third-order valence-electron chi connectivity index (χ3n) is 4.60. The molecule has 0 spiro atoms. The summed E-state index contributed by atoms with van der Waals surface area (Å²) in [6.45, 7) is 1.62. The highest BCUT2D eigenvalue weighted by Gasteiger charge is 2.36. The lowest BCUT2D eigenvalue weighted by Crippen LogP contribution is -2.39. The molecule has 3 rings (SSSR count). The van der Waals surface area contributed by atoms with E-state index in [1.54, 1.807) is 18.2 Å². The van der Waals surface area contributed by atoms with Crippen LogP contribution in [0.1, 0.15) is 29.6 Å². The van der Waals surface area contributed by atoms with E-state index in [1.165, 1.54) is 12.8 Å². The first kappa shape index (κ1) is 13.7. The number of amides is 1. The molecule has 0 saturated carbocycles. The van der Waals surface area contributed by atoms with Gasteiger partial charge in [-0.25, -0.2) is 0 Å². The number of nitrogens with zero attached hydrogens (tertiary/aromatic N) is 2. The average Bonchev–Trinajstić information content (AvgIpc) is 2.61. The number of halogens is 1. The molecule has 4 nitrogen and oxygen atoms in total. The zero-order chi connectivity index (χ0) is 14.3. The van der Waals surface area contributed by atoms with Crippen molar-refractivity contribution in [3.8, 4) is 0 Å². The Labute approximate surface area is 124 Å². The molecule has 2 aliphatic rings. The van der Waals surface area contributed by atoms with Crippen LogP contribution in [0.25, 0.3) is 0 Å². The molecule has 108 valence electrons. The van der Waals surface area contributed by atoms with Gasteiger partial charge in [0, 0.05) is 41.4 Å². The van der Waals surface area contributed by atoms with Crippen LogP contribution in [0, 0.1) is 0 Å². The van der Waals surface area contributed by atoms with Crippen molar-refractivity contribution in [2.45, 2.75) is 31.3 Å². The van der Waals surface area contributed by atoms with Gasteiger partial charge in [0.1, 0.15) is 0 Å². The van der Waals surface area contributed by atoms with Crippen molar-refractivity contribution in [3.05, 3.63) is 28.8 Å². The highest BCUT2D eigenvalue weighted by molar-refractivity contribution is 6.31. The minimum Gasteiger partial charge on any atom is -0.399 e. The van der Waals surface area contributed by atoms with Crippen LogP contribution in [-0.4, -0.2) is 47.9 Å². The number of likely N-dealkylation sites (N-methyl/N-ethyl adjacent to an activating group) is 1. The first-order valence-electron chi connectivity index (χ1n) is 7.12. The second-order valence-corrected chi connectivity index (χ2v) is 6.30. The van der Waals surface area contributed by atoms with E-state index in [9.17, 15) is 4.79 Å². The number of rotatable bonds is 1. The molecule has 2 unspecified atom stereocenters. The van der Waals surface area contributed by atoms with Crippen LogP contribution in [-0.2, 0) is 0 Å². The van der Waals surface area contributed by atoms with E-state index in [0.29, 0.717) is 28.4 Å². The molecule has 20 heavy (non-hydrogen) atoms. The molecule has 2 atom stereocenters. The predicted octanol–water partition coefficient (Wildman–Crippen LogP) is 2.23. The fraction of sp³-hybridized carbons (Fsp3) is 0.533. The molecule has 2 bridgehead atoms. The topological polar surface area (TPSA) is 49.6 Å². The zero-order valence-corrected chi connectivity index (χ0v) is 12.4. The van der Waals surface area contributed by atoms with Gasteiger partial charge in [0.15, 0.2) is 0 Å². The molecule has 1 amide bonds. The minimum absolute atomic E-state index is 0.0418. The third kappa shape index (κ3) is 2.50. The highest BCUT2D eigenvalue weighted by Crippen LogP contribution is 2.29. The normalized spacial score (nSPS) is 26.6. The molecular formula is C15H20ClN3O. The van der Waals surface area contributed by atoms with Crippen molar-refractivity contribution < 1.29 is 4.79 Å². The Morgan fingerprint density at radius 1 is 1.25 bits per heavy atom. The number of carbonyl (C=O) groups is 1. The quantitative estimate of drug-likeness (QED) is 0.808. The van der Waals surface area contributed by atoms with E-state index in [2.05, 4.69) is 11.9 Å². The number of anilines is 1. The molecule has 1 aromatic carbocycles. The number of hydrogen-bond donors (Lipinski definition) is 1. The molecule has 0 radical (unpaired) electrons. The molecule has 2 heterocycles. The van der Waals surface area contributed by atoms with Crippen molar-refractivity contribution >= 4 is 23.2 Å². The molecule has 2 saturated heterocycles. The van der Waals surface area contributed by atoms with Crippen LogP contribution >= 0.6 is 11.6 Å². The molecule has 2 fully saturated rings. The SMILES string of the molecule is CN1C2CCC1CN(C(=O)c1cc(N)cc(Cl)c1)CC2. The molecule has 2 aliphatic heterocycles. The monoisotopic (exact) mass is 293 g/mol. The summed E-state index contributed by atoms with van der Waals surface area (Å²) in [5.74, 6) is 0.0418. The van der Waals surface area contributed by atoms with Crippen LogP contribution in [0.2, 0.25) is 5.02 Å². The Kier molecular flexibility index (Phi) is 3.61. The highest BCUT2D eigenvalue weighted by atomic mass is 35.5. The van der Waals surface area contributed by atoms with Gasteiger partial charge in [-0.05, 0) is 44.5 Å². The second-order valence-electron chi connectivity index (χ2n) is 5.86. The number of nitrogens with two attached hydrogens (primary N) is 1. The Hall–Kier alpha value is -1.26. The zero-order valence-electron chi connectivity index (χ0n) is 11.7. The number of likely N-dealkylation sites (tertiary alicyclic amines) is 1. The van der Waals surface area contributed by atoms with Gasteiger partial charge in [-0.1, -0.05) is 11.6 Å². The maximum absolute atomic E-state index is 12.6. The number of nitrogen functional groups attached to an aromatic ring is 1. The number of fused-ring (bicyclic) bond motifs is 2. The molecule has 1 aromatic rings. The fourth-order valence-electron chi connectivity index (χ4n) is 3.41. The van der Waals surface area contributed by atoms with Gasteiger partial charge in [0.25, 0.3) is 5.91 Å². The summed E-state index contributed by atoms with van der Waals surface area (Å²) in [7, 11) is 2.17. The van der Waals surface area contributed by atoms with E-state index in [1.807, 2.05) is 4.90 Å². The van der Waals surface area contributed by atoms with Crippen molar-refractivity contribution in [3.63, 3.8) is 0 Å². The second kappa shape index (κ2) is 5.26. The van der Waals surface area contributed by atoms with Gasteiger partial charge >= 0.3 is 0 Å². The first-order valence-corrected chi connectivity index (χ1v) is 7.49. The van der Waals surface area contributed by atoms with E-state index in [-0.39, 0.29) is 5.91 Å². The standard InChI is InChI=1S/C15H20ClN3O/c1-18-13-2-3-14(18)9-19(5-4-13)15(20)10-6-11(16)8-12(17)7-10/h6-8,13-14H,2-5,9,17H2,1H3. The summed E-state index contributed by atoms with van der Waals surface area (Å²) in [5.41, 5.74) is 6.91. The van der Waals surface area contributed by atoms with Crippen LogP contribution in [0.5, 0.6) is 0 Å². The maximum Gasteiger partial charge on any atom is 0.254 e. The number of benzene rings is 1. The summed E-state index contributed by atoms with van der Waals surface area (Å²) in [6.07, 6.45) is 3.49. The summed E-state index contributed by atoms with van der Waals surface area (Å²) in [4.78, 5) is 17.0. The van der Waals surface area contributed by atoms with E-state index in [4.69, 9.17) is 17.3 Å². The Morgan fingerprint density at radius 2 is 2.00 bits per heavy atom. The maximum atomic E-state index is 12.6. The Morgan fingerprint density at radius 3 is 2.75 bits per heavy atom. The van der Waals surface area contributed by atoms with Crippen molar-refractivity contribution in [2.24, 2.45) is 0 Å². The van der Waals surface area contributed by atoms with Gasteiger partial charge in [-0.15, -0.1) is 0 Å². The first-order chi connectivity index (χ1) is 9.54. The van der Waals surface area contributed by atoms with Crippen molar-refractivity contribution in [2.75, 3.05) is 25.9 Å².